The van der Waals surface area contributed by atoms with E-state index in [4.69, 9.17) is 0 Å². The molecule has 1 amide bonds. The SMILES string of the molecule is Cc1ccccc1C(=O)CCC(=O)NCC1CCN(CC(C)C)CC1. The minimum absolute atomic E-state index is 0.00783. The molecule has 0 bridgehead atoms. The smallest absolute Gasteiger partial charge is 0.220 e. The van der Waals surface area contributed by atoms with Crippen LogP contribution in [-0.4, -0.2) is 42.8 Å². The Bertz CT molecular complexity index is 575. The van der Waals surface area contributed by atoms with Gasteiger partial charge in [0.25, 0.3) is 0 Å². The molecule has 4 heteroatoms. The number of carbonyl (C=O) groups excluding carboxylic acids is 2. The van der Waals surface area contributed by atoms with E-state index in [9.17, 15) is 9.59 Å². The number of nitrogens with one attached hydrogen (secondary N) is 1. The van der Waals surface area contributed by atoms with Crippen molar-refractivity contribution in [2.45, 2.75) is 46.5 Å². The van der Waals surface area contributed by atoms with Crippen LogP contribution >= 0.6 is 0 Å². The van der Waals surface area contributed by atoms with Gasteiger partial charge in [-0.25, -0.2) is 0 Å². The Labute approximate surface area is 152 Å². The second-order valence-corrected chi connectivity index (χ2v) is 7.68. The maximum atomic E-state index is 12.2. The molecule has 0 radical (unpaired) electrons. The van der Waals surface area contributed by atoms with Crippen molar-refractivity contribution >= 4 is 11.7 Å². The first-order valence-corrected chi connectivity index (χ1v) is 9.53. The summed E-state index contributed by atoms with van der Waals surface area (Å²) in [5.41, 5.74) is 1.70. The molecule has 1 saturated heterocycles. The number of Topliss-reactive ketones (excluding diaryl/α,β-unsaturated/α-hetero) is 1. The van der Waals surface area contributed by atoms with Gasteiger partial charge in [0.05, 0.1) is 0 Å². The molecule has 1 aromatic rings. The summed E-state index contributed by atoms with van der Waals surface area (Å²) in [5.74, 6) is 1.32. The van der Waals surface area contributed by atoms with E-state index in [1.165, 1.54) is 6.54 Å². The van der Waals surface area contributed by atoms with Gasteiger partial charge in [0.1, 0.15) is 0 Å². The van der Waals surface area contributed by atoms with E-state index in [1.54, 1.807) is 0 Å². The van der Waals surface area contributed by atoms with Gasteiger partial charge in [-0.1, -0.05) is 38.1 Å². The quantitative estimate of drug-likeness (QED) is 0.735. The van der Waals surface area contributed by atoms with Gasteiger partial charge < -0.3 is 10.2 Å². The van der Waals surface area contributed by atoms with Crippen LogP contribution in [0.1, 0.15) is 55.5 Å². The van der Waals surface area contributed by atoms with Crippen LogP contribution in [0.25, 0.3) is 0 Å². The molecule has 0 spiro atoms. The molecule has 0 aliphatic carbocycles. The average molecular weight is 344 g/mol. The van der Waals surface area contributed by atoms with Gasteiger partial charge in [-0.05, 0) is 50.3 Å². The Hall–Kier alpha value is -1.68. The normalized spacial score (nSPS) is 16.2. The molecule has 138 valence electrons. The van der Waals surface area contributed by atoms with Gasteiger partial charge in [-0.3, -0.25) is 9.59 Å². The summed E-state index contributed by atoms with van der Waals surface area (Å²) >= 11 is 0. The zero-order valence-corrected chi connectivity index (χ0v) is 15.9. The Balaban J connectivity index is 1.65. The summed E-state index contributed by atoms with van der Waals surface area (Å²) in [7, 11) is 0. The molecule has 1 aromatic carbocycles. The number of aryl methyl sites for hydroxylation is 1. The summed E-state index contributed by atoms with van der Waals surface area (Å²) in [6.45, 7) is 10.6. The van der Waals surface area contributed by atoms with Crippen LogP contribution < -0.4 is 5.32 Å². The van der Waals surface area contributed by atoms with Crippen LogP contribution in [0.3, 0.4) is 0 Å². The summed E-state index contributed by atoms with van der Waals surface area (Å²) in [6.07, 6.45) is 2.85. The monoisotopic (exact) mass is 344 g/mol. The number of ketones is 1. The number of hydrogen-bond acceptors (Lipinski definition) is 3. The third-order valence-electron chi connectivity index (χ3n) is 4.94. The molecule has 1 heterocycles. The molecule has 0 aromatic heterocycles. The lowest BCUT2D eigenvalue weighted by atomic mass is 9.96. The molecular weight excluding hydrogens is 312 g/mol. The van der Waals surface area contributed by atoms with Gasteiger partial charge in [0, 0.05) is 31.5 Å². The summed E-state index contributed by atoms with van der Waals surface area (Å²) in [4.78, 5) is 26.8. The van der Waals surface area contributed by atoms with E-state index in [0.717, 1.165) is 43.6 Å². The number of piperidine rings is 1. The molecule has 2 rings (SSSR count). The number of rotatable bonds is 8. The molecule has 0 unspecified atom stereocenters. The number of benzene rings is 1. The van der Waals surface area contributed by atoms with E-state index in [2.05, 4.69) is 24.1 Å². The lowest BCUT2D eigenvalue weighted by molar-refractivity contribution is -0.121. The van der Waals surface area contributed by atoms with Crippen LogP contribution in [0.2, 0.25) is 0 Å². The van der Waals surface area contributed by atoms with Crippen molar-refractivity contribution in [3.63, 3.8) is 0 Å². The van der Waals surface area contributed by atoms with Crippen molar-refractivity contribution in [3.05, 3.63) is 35.4 Å². The molecule has 1 aliphatic heterocycles. The fourth-order valence-corrected chi connectivity index (χ4v) is 3.48. The van der Waals surface area contributed by atoms with Crippen molar-refractivity contribution in [1.29, 1.82) is 0 Å². The Morgan fingerprint density at radius 3 is 2.48 bits per heavy atom. The zero-order chi connectivity index (χ0) is 18.2. The molecule has 1 N–H and O–H groups in total. The summed E-state index contributed by atoms with van der Waals surface area (Å²) < 4.78 is 0. The van der Waals surface area contributed by atoms with Gasteiger partial charge >= 0.3 is 0 Å². The minimum atomic E-state index is -0.00783. The van der Waals surface area contributed by atoms with Crippen molar-refractivity contribution in [2.75, 3.05) is 26.2 Å². The molecule has 0 atom stereocenters. The topological polar surface area (TPSA) is 49.4 Å². The standard InChI is InChI=1S/C21H32N2O2/c1-16(2)15-23-12-10-18(11-13-23)14-22-21(25)9-8-20(24)19-7-5-4-6-17(19)3/h4-7,16,18H,8-15H2,1-3H3,(H,22,25). The number of amides is 1. The van der Waals surface area contributed by atoms with Crippen molar-refractivity contribution in [2.24, 2.45) is 11.8 Å². The van der Waals surface area contributed by atoms with Crippen molar-refractivity contribution < 1.29 is 9.59 Å². The predicted octanol–water partition coefficient (Wildman–Crippen LogP) is 3.44. The van der Waals surface area contributed by atoms with E-state index < -0.39 is 0 Å². The van der Waals surface area contributed by atoms with E-state index in [-0.39, 0.29) is 24.5 Å². The van der Waals surface area contributed by atoms with E-state index in [1.807, 2.05) is 31.2 Å². The van der Waals surface area contributed by atoms with Crippen LogP contribution in [0.4, 0.5) is 0 Å². The Morgan fingerprint density at radius 1 is 1.16 bits per heavy atom. The molecule has 1 aliphatic rings. The highest BCUT2D eigenvalue weighted by atomic mass is 16.2. The van der Waals surface area contributed by atoms with Gasteiger partial charge in [-0.15, -0.1) is 0 Å². The highest BCUT2D eigenvalue weighted by molar-refractivity contribution is 5.99. The maximum Gasteiger partial charge on any atom is 0.220 e. The number of likely N-dealkylation sites (tertiary alicyclic amines) is 1. The summed E-state index contributed by atoms with van der Waals surface area (Å²) in [5, 5.41) is 3.02. The van der Waals surface area contributed by atoms with Crippen LogP contribution in [-0.2, 0) is 4.79 Å². The van der Waals surface area contributed by atoms with Gasteiger partial charge in [0.15, 0.2) is 5.78 Å². The van der Waals surface area contributed by atoms with Gasteiger partial charge in [-0.2, -0.15) is 0 Å². The highest BCUT2D eigenvalue weighted by Gasteiger charge is 2.20. The first-order chi connectivity index (χ1) is 12.0. The van der Waals surface area contributed by atoms with E-state index >= 15 is 0 Å². The van der Waals surface area contributed by atoms with Crippen molar-refractivity contribution in [3.8, 4) is 0 Å². The lowest BCUT2D eigenvalue weighted by Gasteiger charge is -2.33. The molecule has 1 fully saturated rings. The molecular formula is C21H32N2O2. The predicted molar refractivity (Wildman–Crippen MR) is 102 cm³/mol. The second kappa shape index (κ2) is 9.71. The fraction of sp³-hybridized carbons (Fsp3) is 0.619. The Kier molecular flexibility index (Phi) is 7.63. The zero-order valence-electron chi connectivity index (χ0n) is 15.9. The highest BCUT2D eigenvalue weighted by Crippen LogP contribution is 2.17. The average Bonchev–Trinajstić information content (AvgIpc) is 2.59. The van der Waals surface area contributed by atoms with E-state index in [0.29, 0.717) is 11.8 Å². The lowest BCUT2D eigenvalue weighted by Crippen LogP contribution is -2.40. The molecule has 25 heavy (non-hydrogen) atoms. The first-order valence-electron chi connectivity index (χ1n) is 9.53. The van der Waals surface area contributed by atoms with Crippen LogP contribution in [0, 0.1) is 18.8 Å². The van der Waals surface area contributed by atoms with Crippen LogP contribution in [0.15, 0.2) is 24.3 Å². The minimum Gasteiger partial charge on any atom is -0.356 e. The third-order valence-corrected chi connectivity index (χ3v) is 4.94. The van der Waals surface area contributed by atoms with Crippen LogP contribution in [0.5, 0.6) is 0 Å². The largest absolute Gasteiger partial charge is 0.356 e. The summed E-state index contributed by atoms with van der Waals surface area (Å²) in [6, 6.07) is 7.55. The second-order valence-electron chi connectivity index (χ2n) is 7.68. The maximum absolute atomic E-state index is 12.2. The third kappa shape index (κ3) is 6.62. The van der Waals surface area contributed by atoms with Gasteiger partial charge in [0.2, 0.25) is 5.91 Å². The van der Waals surface area contributed by atoms with Crippen molar-refractivity contribution in [1.82, 2.24) is 10.2 Å². The number of carbonyl (C=O) groups is 2. The molecule has 4 nitrogen and oxygen atoms in total. The first kappa shape index (κ1) is 19.6. The molecule has 0 saturated carbocycles. The number of nitrogens with zero attached hydrogens (tertiary/aromatic N) is 1. The number of hydrogen-bond donors (Lipinski definition) is 1. The Morgan fingerprint density at radius 2 is 1.84 bits per heavy atom. The fourth-order valence-electron chi connectivity index (χ4n) is 3.48.